The fourth-order valence-electron chi connectivity index (χ4n) is 1.63. The summed E-state index contributed by atoms with van der Waals surface area (Å²) < 4.78 is 10.2. The van der Waals surface area contributed by atoms with Crippen molar-refractivity contribution in [2.45, 2.75) is 6.92 Å². The van der Waals surface area contributed by atoms with Crippen molar-refractivity contribution in [1.29, 1.82) is 0 Å². The summed E-state index contributed by atoms with van der Waals surface area (Å²) >= 11 is 0. The number of hydrogen-bond donors (Lipinski definition) is 1. The van der Waals surface area contributed by atoms with Gasteiger partial charge in [0.15, 0.2) is 17.3 Å². The number of furan rings is 1. The molecule has 0 fully saturated rings. The molecular formula is C15H14O4. The Labute approximate surface area is 110 Å². The number of phenolic OH excluding ortho intramolecular Hbond substituents is 1. The maximum Gasteiger partial charge on any atom is 0.221 e. The molecule has 0 radical (unpaired) electrons. The molecule has 1 N–H and O–H groups in total. The standard InChI is InChI=1S/C15H14O4/c1-10-3-7-15(19-10)12(16)6-4-11-5-8-14(18-2)13(17)9-11/h3-9,17H,1-2H3. The van der Waals surface area contributed by atoms with Gasteiger partial charge in [-0.2, -0.15) is 0 Å². The van der Waals surface area contributed by atoms with Crippen molar-refractivity contribution >= 4 is 11.9 Å². The summed E-state index contributed by atoms with van der Waals surface area (Å²) in [5.74, 6) is 1.20. The summed E-state index contributed by atoms with van der Waals surface area (Å²) in [5.41, 5.74) is 0.704. The van der Waals surface area contributed by atoms with Crippen LogP contribution in [0.5, 0.6) is 11.5 Å². The van der Waals surface area contributed by atoms with Gasteiger partial charge in [0.1, 0.15) is 5.76 Å². The van der Waals surface area contributed by atoms with Crippen LogP contribution in [-0.2, 0) is 0 Å². The van der Waals surface area contributed by atoms with E-state index in [9.17, 15) is 9.90 Å². The first-order valence-electron chi connectivity index (χ1n) is 5.76. The first kappa shape index (κ1) is 13.0. The number of ketones is 1. The highest BCUT2D eigenvalue weighted by Crippen LogP contribution is 2.26. The summed E-state index contributed by atoms with van der Waals surface area (Å²) in [6.07, 6.45) is 3.01. The van der Waals surface area contributed by atoms with Gasteiger partial charge in [-0.15, -0.1) is 0 Å². The molecule has 4 heteroatoms. The van der Waals surface area contributed by atoms with Crippen LogP contribution in [0.3, 0.4) is 0 Å². The molecule has 0 spiro atoms. The van der Waals surface area contributed by atoms with E-state index in [0.29, 0.717) is 22.8 Å². The third-order valence-corrected chi connectivity index (χ3v) is 2.61. The number of aryl methyl sites for hydroxylation is 1. The highest BCUT2D eigenvalue weighted by molar-refractivity contribution is 6.04. The SMILES string of the molecule is COc1ccc(C=CC(=O)c2ccc(C)o2)cc1O. The number of rotatable bonds is 4. The van der Waals surface area contributed by atoms with Gasteiger partial charge in [0.05, 0.1) is 7.11 Å². The van der Waals surface area contributed by atoms with E-state index < -0.39 is 0 Å². The average Bonchev–Trinajstić information content (AvgIpc) is 2.83. The minimum absolute atomic E-state index is 0.0333. The van der Waals surface area contributed by atoms with Gasteiger partial charge in [0.2, 0.25) is 5.78 Å². The molecule has 0 bridgehead atoms. The topological polar surface area (TPSA) is 59.7 Å². The van der Waals surface area contributed by atoms with Crippen molar-refractivity contribution in [3.63, 3.8) is 0 Å². The van der Waals surface area contributed by atoms with Gasteiger partial charge >= 0.3 is 0 Å². The van der Waals surface area contributed by atoms with Crippen LogP contribution in [0, 0.1) is 6.92 Å². The Hall–Kier alpha value is -2.49. The number of carbonyl (C=O) groups is 1. The fourth-order valence-corrected chi connectivity index (χ4v) is 1.63. The van der Waals surface area contributed by atoms with Crippen LogP contribution in [-0.4, -0.2) is 18.0 Å². The maximum atomic E-state index is 11.8. The van der Waals surface area contributed by atoms with E-state index >= 15 is 0 Å². The molecule has 1 aromatic heterocycles. The van der Waals surface area contributed by atoms with Crippen LogP contribution in [0.4, 0.5) is 0 Å². The largest absolute Gasteiger partial charge is 0.504 e. The molecule has 0 amide bonds. The van der Waals surface area contributed by atoms with Crippen LogP contribution < -0.4 is 4.74 Å². The predicted octanol–water partition coefficient (Wildman–Crippen LogP) is 3.20. The highest BCUT2D eigenvalue weighted by Gasteiger charge is 2.06. The second-order valence-electron chi connectivity index (χ2n) is 4.04. The van der Waals surface area contributed by atoms with Crippen LogP contribution in [0.15, 0.2) is 40.8 Å². The Balaban J connectivity index is 2.14. The van der Waals surface area contributed by atoms with E-state index in [1.54, 1.807) is 37.3 Å². The van der Waals surface area contributed by atoms with E-state index in [1.165, 1.54) is 19.3 Å². The minimum atomic E-state index is -0.219. The molecule has 4 nitrogen and oxygen atoms in total. The number of allylic oxidation sites excluding steroid dienone is 1. The highest BCUT2D eigenvalue weighted by atomic mass is 16.5. The molecule has 1 heterocycles. The molecule has 0 aliphatic carbocycles. The van der Waals surface area contributed by atoms with E-state index in [0.717, 1.165) is 0 Å². The summed E-state index contributed by atoms with van der Waals surface area (Å²) in [6, 6.07) is 8.27. The van der Waals surface area contributed by atoms with Crippen molar-refractivity contribution in [3.05, 3.63) is 53.5 Å². The Morgan fingerprint density at radius 3 is 2.68 bits per heavy atom. The van der Waals surface area contributed by atoms with Crippen molar-refractivity contribution < 1.29 is 19.1 Å². The molecule has 0 atom stereocenters. The molecule has 0 aliphatic heterocycles. The number of ether oxygens (including phenoxy) is 1. The zero-order valence-electron chi connectivity index (χ0n) is 10.7. The number of hydrogen-bond acceptors (Lipinski definition) is 4. The molecule has 0 saturated carbocycles. The Morgan fingerprint density at radius 2 is 2.11 bits per heavy atom. The summed E-state index contributed by atoms with van der Waals surface area (Å²) in [5, 5.41) is 9.61. The average molecular weight is 258 g/mol. The van der Waals surface area contributed by atoms with E-state index in [4.69, 9.17) is 9.15 Å². The van der Waals surface area contributed by atoms with Crippen LogP contribution in [0.25, 0.3) is 6.08 Å². The lowest BCUT2D eigenvalue weighted by atomic mass is 10.1. The quantitative estimate of drug-likeness (QED) is 0.675. The maximum absolute atomic E-state index is 11.8. The van der Waals surface area contributed by atoms with E-state index in [-0.39, 0.29) is 11.5 Å². The van der Waals surface area contributed by atoms with Crippen LogP contribution >= 0.6 is 0 Å². The molecule has 0 aliphatic rings. The molecule has 2 aromatic rings. The minimum Gasteiger partial charge on any atom is -0.504 e. The van der Waals surface area contributed by atoms with Gasteiger partial charge in [0.25, 0.3) is 0 Å². The number of aromatic hydroxyl groups is 1. The fraction of sp³-hybridized carbons (Fsp3) is 0.133. The Kier molecular flexibility index (Phi) is 3.71. The van der Waals surface area contributed by atoms with E-state index in [1.807, 2.05) is 0 Å². The predicted molar refractivity (Wildman–Crippen MR) is 71.5 cm³/mol. The van der Waals surface area contributed by atoms with Crippen molar-refractivity contribution in [1.82, 2.24) is 0 Å². The third-order valence-electron chi connectivity index (χ3n) is 2.61. The first-order chi connectivity index (χ1) is 9.10. The van der Waals surface area contributed by atoms with Crippen LogP contribution in [0.2, 0.25) is 0 Å². The molecule has 1 aromatic carbocycles. The number of methoxy groups -OCH3 is 1. The Morgan fingerprint density at radius 1 is 1.32 bits per heavy atom. The van der Waals surface area contributed by atoms with Crippen LogP contribution in [0.1, 0.15) is 21.9 Å². The summed E-state index contributed by atoms with van der Waals surface area (Å²) in [7, 11) is 1.48. The smallest absolute Gasteiger partial charge is 0.221 e. The molecular weight excluding hydrogens is 244 g/mol. The first-order valence-corrected chi connectivity index (χ1v) is 5.76. The van der Waals surface area contributed by atoms with Crippen molar-refractivity contribution in [2.75, 3.05) is 7.11 Å². The van der Waals surface area contributed by atoms with Crippen molar-refractivity contribution in [3.8, 4) is 11.5 Å². The monoisotopic (exact) mass is 258 g/mol. The van der Waals surface area contributed by atoms with Gasteiger partial charge < -0.3 is 14.3 Å². The molecule has 0 saturated heterocycles. The second kappa shape index (κ2) is 5.44. The lowest BCUT2D eigenvalue weighted by Gasteiger charge is -2.03. The normalized spacial score (nSPS) is 10.8. The molecule has 98 valence electrons. The Bertz CT molecular complexity index is 623. The van der Waals surface area contributed by atoms with Gasteiger partial charge in [-0.25, -0.2) is 0 Å². The zero-order valence-corrected chi connectivity index (χ0v) is 10.7. The van der Waals surface area contributed by atoms with Gasteiger partial charge in [-0.1, -0.05) is 12.1 Å². The number of carbonyl (C=O) groups excluding carboxylic acids is 1. The van der Waals surface area contributed by atoms with Crippen molar-refractivity contribution in [2.24, 2.45) is 0 Å². The molecule has 0 unspecified atom stereocenters. The third kappa shape index (κ3) is 3.04. The molecule has 19 heavy (non-hydrogen) atoms. The number of benzene rings is 1. The second-order valence-corrected chi connectivity index (χ2v) is 4.04. The van der Waals surface area contributed by atoms with Gasteiger partial charge in [-0.3, -0.25) is 4.79 Å². The van der Waals surface area contributed by atoms with E-state index in [2.05, 4.69) is 0 Å². The zero-order chi connectivity index (χ0) is 13.8. The summed E-state index contributed by atoms with van der Waals surface area (Å²) in [4.78, 5) is 11.8. The lowest BCUT2D eigenvalue weighted by Crippen LogP contribution is -1.90. The number of phenols is 1. The van der Waals surface area contributed by atoms with Gasteiger partial charge in [-0.05, 0) is 42.8 Å². The van der Waals surface area contributed by atoms with Gasteiger partial charge in [0, 0.05) is 0 Å². The molecule has 2 rings (SSSR count). The summed E-state index contributed by atoms with van der Waals surface area (Å²) in [6.45, 7) is 1.78. The lowest BCUT2D eigenvalue weighted by molar-refractivity contribution is 0.102.